The minimum absolute atomic E-state index is 0.0538. The maximum absolute atomic E-state index is 13.4. The maximum atomic E-state index is 13.4. The third-order valence-corrected chi connectivity index (χ3v) is 5.29. The zero-order valence-corrected chi connectivity index (χ0v) is 15.8. The monoisotopic (exact) mass is 411 g/mol. The number of ether oxygens (including phenoxy) is 1. The van der Waals surface area contributed by atoms with Crippen molar-refractivity contribution in [1.82, 2.24) is 9.55 Å². The van der Waals surface area contributed by atoms with Crippen LogP contribution in [-0.4, -0.2) is 33.8 Å². The smallest absolute Gasteiger partial charge is 0.341 e. The van der Waals surface area contributed by atoms with Gasteiger partial charge in [0.15, 0.2) is 5.16 Å². The number of rotatable bonds is 7. The molecule has 0 fully saturated rings. The van der Waals surface area contributed by atoms with E-state index in [-0.39, 0.29) is 23.1 Å². The van der Waals surface area contributed by atoms with Gasteiger partial charge in [-0.1, -0.05) is 23.9 Å². The Kier molecular flexibility index (Phi) is 6.07. The summed E-state index contributed by atoms with van der Waals surface area (Å²) in [4.78, 5) is 28.2. The Hall–Kier alpha value is -2.46. The average Bonchev–Trinajstić information content (AvgIpc) is 3.24. The van der Waals surface area contributed by atoms with E-state index in [4.69, 9.17) is 4.74 Å². The number of aromatic nitrogens is 2. The largest absolute Gasteiger partial charge is 0.462 e. The zero-order chi connectivity index (χ0) is 19.4. The summed E-state index contributed by atoms with van der Waals surface area (Å²) in [5.41, 5.74) is 1.00. The number of carbonyl (C=O) groups excluding carboxylic acids is 2. The van der Waals surface area contributed by atoms with Crippen molar-refractivity contribution in [3.8, 4) is 0 Å². The predicted molar refractivity (Wildman–Crippen MR) is 101 cm³/mol. The van der Waals surface area contributed by atoms with Gasteiger partial charge in [0, 0.05) is 0 Å². The lowest BCUT2D eigenvalue weighted by atomic mass is 10.3. The fraction of sp³-hybridized carbons (Fsp3) is 0.235. The van der Waals surface area contributed by atoms with Crippen molar-refractivity contribution in [2.24, 2.45) is 0 Å². The van der Waals surface area contributed by atoms with E-state index in [1.807, 2.05) is 0 Å². The van der Waals surface area contributed by atoms with E-state index in [1.54, 1.807) is 42.6 Å². The van der Waals surface area contributed by atoms with Gasteiger partial charge in [-0.3, -0.25) is 9.36 Å². The number of amides is 1. The number of thiophene rings is 1. The Bertz CT molecular complexity index is 971. The summed E-state index contributed by atoms with van der Waals surface area (Å²) in [6.07, 6.45) is 0. The van der Waals surface area contributed by atoms with Crippen LogP contribution in [0.4, 0.5) is 13.8 Å². The van der Waals surface area contributed by atoms with Crippen LogP contribution in [0, 0.1) is 0 Å². The molecule has 3 aromatic rings. The first-order valence-electron chi connectivity index (χ1n) is 7.93. The van der Waals surface area contributed by atoms with Crippen molar-refractivity contribution in [3.05, 3.63) is 41.3 Å². The van der Waals surface area contributed by atoms with E-state index in [9.17, 15) is 18.4 Å². The highest BCUT2D eigenvalue weighted by atomic mass is 32.2. The van der Waals surface area contributed by atoms with Crippen LogP contribution in [0.3, 0.4) is 0 Å². The number of anilines is 1. The molecule has 3 rings (SSSR count). The summed E-state index contributed by atoms with van der Waals surface area (Å²) < 4.78 is 32.5. The Labute approximate surface area is 161 Å². The first-order valence-corrected chi connectivity index (χ1v) is 9.80. The number of para-hydroxylation sites is 2. The normalized spacial score (nSPS) is 11.1. The van der Waals surface area contributed by atoms with Gasteiger partial charge in [-0.05, 0) is 30.5 Å². The van der Waals surface area contributed by atoms with Crippen LogP contribution < -0.4 is 5.32 Å². The molecule has 0 saturated carbocycles. The summed E-state index contributed by atoms with van der Waals surface area (Å²) in [6, 6.07) is 8.10. The van der Waals surface area contributed by atoms with Gasteiger partial charge in [-0.2, -0.15) is 8.78 Å². The zero-order valence-electron chi connectivity index (χ0n) is 14.1. The number of thioether (sulfide) groups is 1. The van der Waals surface area contributed by atoms with E-state index < -0.39 is 18.4 Å². The number of nitrogens with zero attached hydrogens (tertiary/aromatic N) is 2. The molecule has 0 radical (unpaired) electrons. The number of fused-ring (bicyclic) bond motifs is 1. The van der Waals surface area contributed by atoms with Crippen LogP contribution in [0.15, 0.2) is 40.9 Å². The molecule has 1 amide bonds. The van der Waals surface area contributed by atoms with Gasteiger partial charge in [0.1, 0.15) is 5.00 Å². The number of nitrogens with one attached hydrogen (secondary N) is 1. The third kappa shape index (κ3) is 4.28. The maximum Gasteiger partial charge on any atom is 0.341 e. The molecule has 1 aromatic carbocycles. The van der Waals surface area contributed by atoms with Crippen molar-refractivity contribution in [1.29, 1.82) is 0 Å². The van der Waals surface area contributed by atoms with Gasteiger partial charge >= 0.3 is 12.5 Å². The summed E-state index contributed by atoms with van der Waals surface area (Å²) in [5, 5.41) is 4.69. The third-order valence-electron chi connectivity index (χ3n) is 3.50. The second kappa shape index (κ2) is 8.49. The quantitative estimate of drug-likeness (QED) is 0.461. The minimum Gasteiger partial charge on any atom is -0.462 e. The molecule has 1 N–H and O–H groups in total. The number of benzene rings is 1. The van der Waals surface area contributed by atoms with Crippen molar-refractivity contribution in [2.75, 3.05) is 17.7 Å². The summed E-state index contributed by atoms with van der Waals surface area (Å²) in [5.74, 6) is -1.09. The lowest BCUT2D eigenvalue weighted by molar-refractivity contribution is -0.113. The van der Waals surface area contributed by atoms with Crippen molar-refractivity contribution in [2.45, 2.75) is 18.6 Å². The molecule has 0 saturated heterocycles. The lowest BCUT2D eigenvalue weighted by Gasteiger charge is -2.08. The molecular weight excluding hydrogens is 396 g/mol. The van der Waals surface area contributed by atoms with Crippen LogP contribution >= 0.6 is 23.1 Å². The van der Waals surface area contributed by atoms with Crippen molar-refractivity contribution < 1.29 is 23.1 Å². The molecule has 0 unspecified atom stereocenters. The molecule has 10 heteroatoms. The minimum atomic E-state index is -2.77. The van der Waals surface area contributed by atoms with Crippen molar-refractivity contribution >= 4 is 51.0 Å². The fourth-order valence-corrected chi connectivity index (χ4v) is 3.98. The van der Waals surface area contributed by atoms with E-state index >= 15 is 0 Å². The first kappa shape index (κ1) is 19.3. The Balaban J connectivity index is 1.70. The second-order valence-electron chi connectivity index (χ2n) is 5.25. The Morgan fingerprint density at radius 1 is 1.33 bits per heavy atom. The van der Waals surface area contributed by atoms with Gasteiger partial charge in [0.25, 0.3) is 0 Å². The highest BCUT2D eigenvalue weighted by molar-refractivity contribution is 7.99. The second-order valence-corrected chi connectivity index (χ2v) is 7.11. The summed E-state index contributed by atoms with van der Waals surface area (Å²) in [7, 11) is 0. The Morgan fingerprint density at radius 2 is 2.11 bits per heavy atom. The molecule has 0 aliphatic heterocycles. The predicted octanol–water partition coefficient (Wildman–Crippen LogP) is 4.40. The highest BCUT2D eigenvalue weighted by Gasteiger charge is 2.20. The van der Waals surface area contributed by atoms with Crippen LogP contribution in [-0.2, 0) is 9.53 Å². The van der Waals surface area contributed by atoms with E-state index in [0.29, 0.717) is 16.0 Å². The van der Waals surface area contributed by atoms with Gasteiger partial charge in [0.2, 0.25) is 5.91 Å². The molecule has 0 atom stereocenters. The number of hydrogen-bond donors (Lipinski definition) is 1. The molecule has 27 heavy (non-hydrogen) atoms. The summed E-state index contributed by atoms with van der Waals surface area (Å²) >= 11 is 2.09. The van der Waals surface area contributed by atoms with E-state index in [0.717, 1.165) is 16.3 Å². The molecule has 2 heterocycles. The van der Waals surface area contributed by atoms with E-state index in [2.05, 4.69) is 10.3 Å². The SMILES string of the molecule is CCOC(=O)c1ccsc1NC(=O)CSc1nc2ccccc2n1C(F)F. The van der Waals surface area contributed by atoms with Gasteiger partial charge in [-0.25, -0.2) is 9.78 Å². The average molecular weight is 411 g/mol. The highest BCUT2D eigenvalue weighted by Crippen LogP contribution is 2.30. The fourth-order valence-electron chi connectivity index (χ4n) is 2.38. The van der Waals surface area contributed by atoms with Crippen LogP contribution in [0.1, 0.15) is 23.8 Å². The van der Waals surface area contributed by atoms with Crippen molar-refractivity contribution in [3.63, 3.8) is 0 Å². The summed E-state index contributed by atoms with van der Waals surface area (Å²) in [6.45, 7) is -0.855. The topological polar surface area (TPSA) is 73.2 Å². The van der Waals surface area contributed by atoms with Gasteiger partial charge < -0.3 is 10.1 Å². The number of hydrogen-bond acceptors (Lipinski definition) is 6. The first-order chi connectivity index (χ1) is 13.0. The molecule has 0 aliphatic carbocycles. The van der Waals surface area contributed by atoms with Crippen LogP contribution in [0.25, 0.3) is 11.0 Å². The van der Waals surface area contributed by atoms with Gasteiger partial charge in [0.05, 0.1) is 29.0 Å². The molecule has 2 aromatic heterocycles. The molecule has 0 bridgehead atoms. The van der Waals surface area contributed by atoms with E-state index in [1.165, 1.54) is 11.3 Å². The number of halogens is 2. The number of carbonyl (C=O) groups is 2. The molecular formula is C17H15F2N3O3S2. The molecule has 142 valence electrons. The number of alkyl halides is 2. The van der Waals surface area contributed by atoms with Gasteiger partial charge in [-0.15, -0.1) is 11.3 Å². The van der Waals surface area contributed by atoms with Crippen LogP contribution in [0.2, 0.25) is 0 Å². The molecule has 0 spiro atoms. The molecule has 0 aliphatic rings. The number of imidazole rings is 1. The molecule has 6 nitrogen and oxygen atoms in total. The Morgan fingerprint density at radius 3 is 2.85 bits per heavy atom. The van der Waals surface area contributed by atoms with Crippen LogP contribution in [0.5, 0.6) is 0 Å². The standard InChI is InChI=1S/C17H15F2N3O3S2/c1-2-25-15(24)10-7-8-26-14(10)21-13(23)9-27-17-20-11-5-3-4-6-12(11)22(17)16(18)19/h3-8,16H,2,9H2,1H3,(H,21,23). The lowest BCUT2D eigenvalue weighted by Crippen LogP contribution is -2.16. The number of esters is 1.